The van der Waals surface area contributed by atoms with Crippen molar-refractivity contribution in [3.63, 3.8) is 0 Å². The number of fused-ring (bicyclic) bond motifs is 1. The lowest BCUT2D eigenvalue weighted by atomic mass is 10.3. The maximum absolute atomic E-state index is 11.1. The van der Waals surface area contributed by atoms with Gasteiger partial charge in [-0.2, -0.15) is 15.4 Å². The van der Waals surface area contributed by atoms with Crippen LogP contribution in [0.1, 0.15) is 0 Å². The second-order valence-electron chi connectivity index (χ2n) is 2.75. The van der Waals surface area contributed by atoms with Gasteiger partial charge >= 0.3 is 0 Å². The third-order valence-electron chi connectivity index (χ3n) is 1.72. The highest BCUT2D eigenvalue weighted by atomic mass is 32.2. The van der Waals surface area contributed by atoms with Crippen LogP contribution in [0.25, 0.3) is 11.0 Å². The van der Waals surface area contributed by atoms with E-state index >= 15 is 0 Å². The Kier molecular flexibility index (Phi) is 1.59. The van der Waals surface area contributed by atoms with E-state index in [0.717, 1.165) is 6.26 Å². The molecule has 2 aromatic rings. The summed E-state index contributed by atoms with van der Waals surface area (Å²) in [7, 11) is -3.15. The van der Waals surface area contributed by atoms with Crippen LogP contribution in [-0.2, 0) is 9.84 Å². The zero-order valence-electron chi connectivity index (χ0n) is 6.85. The summed E-state index contributed by atoms with van der Waals surface area (Å²) in [6.45, 7) is 0. The minimum absolute atomic E-state index is 0.258. The number of rotatable bonds is 1. The molecular formula is C7H7N3O2S. The molecule has 0 saturated carbocycles. The van der Waals surface area contributed by atoms with Gasteiger partial charge in [-0.15, -0.1) is 0 Å². The minimum atomic E-state index is -3.15. The zero-order valence-corrected chi connectivity index (χ0v) is 7.67. The second-order valence-corrected chi connectivity index (χ2v) is 4.76. The molecule has 0 aliphatic carbocycles. The van der Waals surface area contributed by atoms with Gasteiger partial charge in [-0.25, -0.2) is 8.42 Å². The number of aromatic amines is 1. The molecule has 0 saturated heterocycles. The Morgan fingerprint density at radius 3 is 2.62 bits per heavy atom. The van der Waals surface area contributed by atoms with Crippen LogP contribution >= 0.6 is 0 Å². The van der Waals surface area contributed by atoms with Crippen molar-refractivity contribution < 1.29 is 8.42 Å². The van der Waals surface area contributed by atoms with Crippen molar-refractivity contribution in [2.45, 2.75) is 4.90 Å². The molecule has 1 N–H and O–H groups in total. The third-order valence-corrected chi connectivity index (χ3v) is 2.83. The summed E-state index contributed by atoms with van der Waals surface area (Å²) in [4.78, 5) is 0.258. The summed E-state index contributed by atoms with van der Waals surface area (Å²) in [5.74, 6) is 0. The molecule has 68 valence electrons. The van der Waals surface area contributed by atoms with Crippen LogP contribution in [0.5, 0.6) is 0 Å². The van der Waals surface area contributed by atoms with Gasteiger partial charge in [0.2, 0.25) is 0 Å². The lowest BCUT2D eigenvalue weighted by Crippen LogP contribution is -1.96. The third kappa shape index (κ3) is 1.40. The SMILES string of the molecule is CS(=O)(=O)c1ccc2n[nH]nc2c1. The van der Waals surface area contributed by atoms with Gasteiger partial charge in [0.25, 0.3) is 0 Å². The summed E-state index contributed by atoms with van der Waals surface area (Å²) in [5.41, 5.74) is 1.22. The van der Waals surface area contributed by atoms with E-state index < -0.39 is 9.84 Å². The lowest BCUT2D eigenvalue weighted by molar-refractivity contribution is 0.602. The molecule has 0 amide bonds. The Balaban J connectivity index is 2.75. The normalized spacial score (nSPS) is 12.1. The van der Waals surface area contributed by atoms with Crippen molar-refractivity contribution in [1.82, 2.24) is 15.4 Å². The van der Waals surface area contributed by atoms with Crippen LogP contribution in [0.4, 0.5) is 0 Å². The summed E-state index contributed by atoms with van der Waals surface area (Å²) in [6.07, 6.45) is 1.16. The number of H-pyrrole nitrogens is 1. The minimum Gasteiger partial charge on any atom is -0.224 e. The molecule has 0 atom stereocenters. The summed E-state index contributed by atoms with van der Waals surface area (Å²) < 4.78 is 22.3. The van der Waals surface area contributed by atoms with E-state index in [1.54, 1.807) is 6.07 Å². The van der Waals surface area contributed by atoms with Gasteiger partial charge in [0, 0.05) is 6.26 Å². The van der Waals surface area contributed by atoms with Crippen molar-refractivity contribution in [3.05, 3.63) is 18.2 Å². The zero-order chi connectivity index (χ0) is 9.47. The largest absolute Gasteiger partial charge is 0.224 e. The second kappa shape index (κ2) is 2.53. The Hall–Kier alpha value is -1.43. The number of benzene rings is 1. The highest BCUT2D eigenvalue weighted by Crippen LogP contribution is 2.14. The highest BCUT2D eigenvalue weighted by molar-refractivity contribution is 7.90. The highest BCUT2D eigenvalue weighted by Gasteiger charge is 2.08. The van der Waals surface area contributed by atoms with Crippen LogP contribution < -0.4 is 0 Å². The van der Waals surface area contributed by atoms with Gasteiger partial charge in [-0.1, -0.05) is 0 Å². The Morgan fingerprint density at radius 1 is 1.23 bits per heavy atom. The molecule has 0 radical (unpaired) electrons. The molecule has 0 bridgehead atoms. The van der Waals surface area contributed by atoms with Gasteiger partial charge in [-0.3, -0.25) is 0 Å². The first-order chi connectivity index (χ1) is 6.07. The van der Waals surface area contributed by atoms with E-state index in [1.165, 1.54) is 12.1 Å². The number of hydrogen-bond donors (Lipinski definition) is 1. The number of sulfone groups is 1. The van der Waals surface area contributed by atoms with Crippen molar-refractivity contribution in [1.29, 1.82) is 0 Å². The fraction of sp³-hybridized carbons (Fsp3) is 0.143. The molecule has 1 aromatic heterocycles. The molecular weight excluding hydrogens is 190 g/mol. The predicted molar refractivity (Wildman–Crippen MR) is 47.0 cm³/mol. The van der Waals surface area contributed by atoms with Crippen LogP contribution in [0.2, 0.25) is 0 Å². The molecule has 0 spiro atoms. The van der Waals surface area contributed by atoms with Crippen LogP contribution in [0, 0.1) is 0 Å². The fourth-order valence-electron chi connectivity index (χ4n) is 1.05. The van der Waals surface area contributed by atoms with E-state index in [9.17, 15) is 8.42 Å². The summed E-state index contributed by atoms with van der Waals surface area (Å²) >= 11 is 0. The Labute approximate surface area is 74.7 Å². The first-order valence-corrected chi connectivity index (χ1v) is 5.47. The molecule has 2 rings (SSSR count). The van der Waals surface area contributed by atoms with Gasteiger partial charge in [-0.05, 0) is 18.2 Å². The molecule has 5 nitrogen and oxygen atoms in total. The number of hydrogen-bond acceptors (Lipinski definition) is 4. The standard InChI is InChI=1S/C7H7N3O2S/c1-13(11,12)5-2-3-6-7(4-5)9-10-8-6/h2-4H,1H3,(H,8,9,10). The topological polar surface area (TPSA) is 75.7 Å². The van der Waals surface area contributed by atoms with Crippen molar-refractivity contribution in [2.24, 2.45) is 0 Å². The molecule has 1 heterocycles. The van der Waals surface area contributed by atoms with Gasteiger partial charge < -0.3 is 0 Å². The summed E-state index contributed by atoms with van der Waals surface area (Å²) in [5, 5.41) is 10.0. The van der Waals surface area contributed by atoms with E-state index in [-0.39, 0.29) is 4.90 Å². The average Bonchev–Trinajstić information content (AvgIpc) is 2.47. The first kappa shape index (κ1) is 8.18. The predicted octanol–water partition coefficient (Wildman–Crippen LogP) is 0.361. The Bertz CT molecular complexity index is 544. The molecule has 0 fully saturated rings. The molecule has 6 heteroatoms. The van der Waals surface area contributed by atoms with Crippen molar-refractivity contribution >= 4 is 20.9 Å². The van der Waals surface area contributed by atoms with E-state index in [4.69, 9.17) is 0 Å². The monoisotopic (exact) mass is 197 g/mol. The van der Waals surface area contributed by atoms with Gasteiger partial charge in [0.1, 0.15) is 11.0 Å². The lowest BCUT2D eigenvalue weighted by Gasteiger charge is -1.95. The number of nitrogens with one attached hydrogen (secondary N) is 1. The molecule has 13 heavy (non-hydrogen) atoms. The van der Waals surface area contributed by atoms with E-state index in [0.29, 0.717) is 11.0 Å². The molecule has 0 unspecified atom stereocenters. The number of nitrogens with zero attached hydrogens (tertiary/aromatic N) is 2. The van der Waals surface area contributed by atoms with Crippen LogP contribution in [-0.4, -0.2) is 30.1 Å². The quantitative estimate of drug-likeness (QED) is 0.716. The smallest absolute Gasteiger partial charge is 0.175 e. The van der Waals surface area contributed by atoms with E-state index in [1.807, 2.05) is 0 Å². The maximum atomic E-state index is 11.1. The summed E-state index contributed by atoms with van der Waals surface area (Å²) in [6, 6.07) is 4.63. The van der Waals surface area contributed by atoms with Gasteiger partial charge in [0.05, 0.1) is 4.90 Å². The molecule has 0 aliphatic rings. The van der Waals surface area contributed by atoms with Crippen molar-refractivity contribution in [3.8, 4) is 0 Å². The average molecular weight is 197 g/mol. The first-order valence-electron chi connectivity index (χ1n) is 3.58. The fourth-order valence-corrected chi connectivity index (χ4v) is 1.69. The Morgan fingerprint density at radius 2 is 1.92 bits per heavy atom. The van der Waals surface area contributed by atoms with Gasteiger partial charge in [0.15, 0.2) is 9.84 Å². The molecule has 1 aromatic carbocycles. The van der Waals surface area contributed by atoms with E-state index in [2.05, 4.69) is 15.4 Å². The molecule has 0 aliphatic heterocycles. The van der Waals surface area contributed by atoms with Crippen LogP contribution in [0.3, 0.4) is 0 Å². The van der Waals surface area contributed by atoms with Crippen molar-refractivity contribution in [2.75, 3.05) is 6.26 Å². The van der Waals surface area contributed by atoms with Crippen LogP contribution in [0.15, 0.2) is 23.1 Å². The maximum Gasteiger partial charge on any atom is 0.175 e. The number of aromatic nitrogens is 3.